The van der Waals surface area contributed by atoms with Crippen LogP contribution in [0.25, 0.3) is 11.0 Å². The van der Waals surface area contributed by atoms with Crippen molar-refractivity contribution in [3.63, 3.8) is 0 Å². The average molecular weight is 544 g/mol. The number of carbonyl (C=O) groups is 5. The van der Waals surface area contributed by atoms with E-state index in [9.17, 15) is 28.8 Å². The smallest absolute Gasteiger partial charge is 0.329 e. The predicted molar refractivity (Wildman–Crippen MR) is 144 cm³/mol. The Morgan fingerprint density at radius 3 is 2.28 bits per heavy atom. The molecular weight excluding hydrogens is 506 g/mol. The Hall–Kier alpha value is -4.00. The lowest BCUT2D eigenvalue weighted by molar-refractivity contribution is -0.141. The van der Waals surface area contributed by atoms with Gasteiger partial charge in [0, 0.05) is 41.2 Å². The minimum absolute atomic E-state index is 0.109. The zero-order valence-electron chi connectivity index (χ0n) is 23.2. The van der Waals surface area contributed by atoms with Gasteiger partial charge in [-0.25, -0.2) is 4.79 Å². The lowest BCUT2D eigenvalue weighted by atomic mass is 10.0. The number of aromatic nitrogens is 2. The highest BCUT2D eigenvalue weighted by molar-refractivity contribution is 6.00. The van der Waals surface area contributed by atoms with Crippen molar-refractivity contribution >= 4 is 40.6 Å². The molecular formula is C26H37N7O6. The highest BCUT2D eigenvalue weighted by atomic mass is 16.2. The van der Waals surface area contributed by atoms with Gasteiger partial charge in [0.25, 0.3) is 0 Å². The van der Waals surface area contributed by atoms with E-state index < -0.39 is 11.9 Å². The number of imide groups is 1. The molecule has 1 aliphatic heterocycles. The number of benzene rings is 1. The largest absolute Gasteiger partial charge is 0.344 e. The number of nitrogens with one attached hydrogen (secondary N) is 2. The van der Waals surface area contributed by atoms with E-state index in [1.54, 1.807) is 32.1 Å². The summed E-state index contributed by atoms with van der Waals surface area (Å²) >= 11 is 0. The minimum Gasteiger partial charge on any atom is -0.344 e. The fourth-order valence-electron chi connectivity index (χ4n) is 4.69. The van der Waals surface area contributed by atoms with E-state index in [2.05, 4.69) is 10.6 Å². The Morgan fingerprint density at radius 1 is 1.00 bits per heavy atom. The van der Waals surface area contributed by atoms with Crippen LogP contribution in [0.4, 0.5) is 0 Å². The van der Waals surface area contributed by atoms with Gasteiger partial charge in [-0.1, -0.05) is 12.1 Å². The number of hydrogen-bond donors (Lipinski definition) is 2. The maximum atomic E-state index is 13.1. The van der Waals surface area contributed by atoms with Gasteiger partial charge in [-0.05, 0) is 37.9 Å². The van der Waals surface area contributed by atoms with E-state index in [1.165, 1.54) is 33.0 Å². The minimum atomic E-state index is -0.751. The van der Waals surface area contributed by atoms with Gasteiger partial charge in [-0.15, -0.1) is 0 Å². The van der Waals surface area contributed by atoms with Crippen molar-refractivity contribution in [1.82, 2.24) is 34.5 Å². The summed E-state index contributed by atoms with van der Waals surface area (Å²) in [5, 5.41) is 5.05. The lowest BCUT2D eigenvalue weighted by Gasteiger charge is -2.24. The molecule has 1 fully saturated rings. The third-order valence-corrected chi connectivity index (χ3v) is 7.00. The molecule has 1 saturated heterocycles. The average Bonchev–Trinajstić information content (AvgIpc) is 3.14. The molecule has 2 N–H and O–H groups in total. The molecule has 5 amide bonds. The van der Waals surface area contributed by atoms with Gasteiger partial charge >= 0.3 is 5.69 Å². The van der Waals surface area contributed by atoms with Crippen molar-refractivity contribution in [1.29, 1.82) is 0 Å². The molecule has 1 aromatic heterocycles. The van der Waals surface area contributed by atoms with E-state index >= 15 is 0 Å². The fourth-order valence-corrected chi connectivity index (χ4v) is 4.69. The first-order chi connectivity index (χ1) is 18.5. The van der Waals surface area contributed by atoms with Gasteiger partial charge in [0.1, 0.15) is 6.04 Å². The number of likely N-dealkylation sites (N-methyl/N-ethyl adjacent to an activating group) is 4. The Morgan fingerprint density at radius 2 is 1.64 bits per heavy atom. The second kappa shape index (κ2) is 12.7. The standard InChI is InChI=1S/C26H37N7O6/c1-27-14-21(35)30(3)16-23(37)31(4)15-22(36)29(2)13-7-9-17-8-6-10-18-24(17)32(5)26(39)33(18)19-11-12-20(34)28-25(19)38/h6,8,10,19,27H,7,9,11-16H2,1-5H3,(H,28,34,38). The van der Waals surface area contributed by atoms with Crippen molar-refractivity contribution in [3.8, 4) is 0 Å². The quantitative estimate of drug-likeness (QED) is 0.340. The zero-order valence-corrected chi connectivity index (χ0v) is 23.2. The number of rotatable bonds is 11. The number of carbonyl (C=O) groups excluding carboxylic acids is 5. The predicted octanol–water partition coefficient (Wildman–Crippen LogP) is -1.16. The maximum Gasteiger partial charge on any atom is 0.329 e. The molecule has 13 heteroatoms. The molecule has 0 bridgehead atoms. The van der Waals surface area contributed by atoms with Crippen LogP contribution < -0.4 is 16.3 Å². The Balaban J connectivity index is 1.61. The van der Waals surface area contributed by atoms with Crippen molar-refractivity contribution in [3.05, 3.63) is 34.2 Å². The molecule has 13 nitrogen and oxygen atoms in total. The first-order valence-electron chi connectivity index (χ1n) is 12.8. The second-order valence-corrected chi connectivity index (χ2v) is 9.91. The molecule has 2 aromatic rings. The summed E-state index contributed by atoms with van der Waals surface area (Å²) in [5.41, 5.74) is 1.91. The number of nitrogens with zero attached hydrogens (tertiary/aromatic N) is 5. The normalized spacial score (nSPS) is 15.3. The molecule has 1 unspecified atom stereocenters. The van der Waals surface area contributed by atoms with Crippen LogP contribution in [0.15, 0.2) is 23.0 Å². The van der Waals surface area contributed by atoms with Crippen LogP contribution in [0.1, 0.15) is 30.9 Å². The van der Waals surface area contributed by atoms with Crippen molar-refractivity contribution in [2.45, 2.75) is 31.7 Å². The number of para-hydroxylation sites is 1. The van der Waals surface area contributed by atoms with Crippen LogP contribution in [-0.4, -0.2) is 108 Å². The molecule has 1 aromatic carbocycles. The van der Waals surface area contributed by atoms with Gasteiger partial charge < -0.3 is 20.0 Å². The first kappa shape index (κ1) is 29.6. The molecule has 0 radical (unpaired) electrons. The summed E-state index contributed by atoms with van der Waals surface area (Å²) in [4.78, 5) is 78.3. The van der Waals surface area contributed by atoms with E-state index in [-0.39, 0.29) is 61.8 Å². The van der Waals surface area contributed by atoms with Gasteiger partial charge in [0.05, 0.1) is 30.7 Å². The van der Waals surface area contributed by atoms with Gasteiger partial charge in [0.15, 0.2) is 0 Å². The van der Waals surface area contributed by atoms with Gasteiger partial charge in [0.2, 0.25) is 29.5 Å². The van der Waals surface area contributed by atoms with E-state index in [4.69, 9.17) is 0 Å². The summed E-state index contributed by atoms with van der Waals surface area (Å²) in [6.45, 7) is 0.329. The van der Waals surface area contributed by atoms with Crippen LogP contribution in [0.2, 0.25) is 0 Å². The number of aryl methyl sites for hydroxylation is 2. The number of piperidine rings is 1. The van der Waals surface area contributed by atoms with Gasteiger partial charge in [-0.2, -0.15) is 0 Å². The second-order valence-electron chi connectivity index (χ2n) is 9.91. The molecule has 3 rings (SSSR count). The molecule has 1 atom stereocenters. The molecule has 0 saturated carbocycles. The molecule has 0 aliphatic carbocycles. The van der Waals surface area contributed by atoms with Crippen LogP contribution in [0, 0.1) is 0 Å². The SMILES string of the molecule is CNCC(=O)N(C)CC(=O)N(C)CC(=O)N(C)CCCc1cccc2c1n(C)c(=O)n2C1CCC(=O)NC1=O. The maximum absolute atomic E-state index is 13.1. The number of fused-ring (bicyclic) bond motifs is 1. The van der Waals surface area contributed by atoms with E-state index in [0.29, 0.717) is 30.4 Å². The Bertz CT molecular complexity index is 1330. The van der Waals surface area contributed by atoms with Crippen LogP contribution in [0.3, 0.4) is 0 Å². The summed E-state index contributed by atoms with van der Waals surface area (Å²) in [7, 11) is 8.03. The van der Waals surface area contributed by atoms with E-state index in [0.717, 1.165) is 5.56 Å². The Labute approximate surface area is 226 Å². The molecule has 0 spiro atoms. The molecule has 1 aliphatic rings. The summed E-state index contributed by atoms with van der Waals surface area (Å²) in [5.74, 6) is -1.61. The van der Waals surface area contributed by atoms with Crippen LogP contribution in [0.5, 0.6) is 0 Å². The number of amides is 5. The summed E-state index contributed by atoms with van der Waals surface area (Å²) in [6.07, 6.45) is 1.62. The van der Waals surface area contributed by atoms with Crippen LogP contribution in [-0.2, 0) is 37.4 Å². The molecule has 2 heterocycles. The topological polar surface area (TPSA) is 146 Å². The summed E-state index contributed by atoms with van der Waals surface area (Å²) < 4.78 is 2.97. The van der Waals surface area contributed by atoms with Crippen LogP contribution >= 0.6 is 0 Å². The first-order valence-corrected chi connectivity index (χ1v) is 12.8. The van der Waals surface area contributed by atoms with E-state index in [1.807, 2.05) is 12.1 Å². The third-order valence-electron chi connectivity index (χ3n) is 7.00. The molecule has 39 heavy (non-hydrogen) atoms. The van der Waals surface area contributed by atoms with Gasteiger partial charge in [-0.3, -0.25) is 38.4 Å². The Kier molecular flexibility index (Phi) is 9.62. The van der Waals surface area contributed by atoms with Crippen molar-refractivity contribution in [2.75, 3.05) is 54.4 Å². The molecule has 212 valence electrons. The summed E-state index contributed by atoms with van der Waals surface area (Å²) in [6, 6.07) is 4.78. The lowest BCUT2D eigenvalue weighted by Crippen LogP contribution is -2.45. The third kappa shape index (κ3) is 6.72. The number of hydrogen-bond acceptors (Lipinski definition) is 7. The fraction of sp³-hybridized carbons (Fsp3) is 0.538. The number of imidazole rings is 1. The highest BCUT2D eigenvalue weighted by Gasteiger charge is 2.31. The highest BCUT2D eigenvalue weighted by Crippen LogP contribution is 2.25. The van der Waals surface area contributed by atoms with Crippen molar-refractivity contribution < 1.29 is 24.0 Å². The zero-order chi connectivity index (χ0) is 28.9. The van der Waals surface area contributed by atoms with Crippen molar-refractivity contribution in [2.24, 2.45) is 7.05 Å². The monoisotopic (exact) mass is 543 g/mol.